The molecule has 0 aromatic heterocycles. The van der Waals surface area contributed by atoms with Crippen LogP contribution in [-0.4, -0.2) is 26.3 Å². The van der Waals surface area contributed by atoms with Crippen molar-refractivity contribution in [2.75, 3.05) is 14.2 Å². The molecule has 36 heavy (non-hydrogen) atoms. The number of rotatable bonds is 7. The zero-order chi connectivity index (χ0) is 25.8. The second kappa shape index (κ2) is 10.3. The quantitative estimate of drug-likeness (QED) is 0.382. The Hall–Kier alpha value is -4.71. The van der Waals surface area contributed by atoms with Crippen molar-refractivity contribution in [3.05, 3.63) is 89.1 Å². The molecule has 0 saturated heterocycles. The first-order chi connectivity index (χ1) is 17.4. The van der Waals surface area contributed by atoms with Crippen LogP contribution in [0, 0.1) is 17.1 Å². The minimum Gasteiger partial charge on any atom is -0.493 e. The van der Waals surface area contributed by atoms with Gasteiger partial charge in [0.1, 0.15) is 23.1 Å². The van der Waals surface area contributed by atoms with E-state index in [0.29, 0.717) is 22.8 Å². The molecule has 0 bridgehead atoms. The topological polar surface area (TPSA) is 113 Å². The Morgan fingerprint density at radius 1 is 1.06 bits per heavy atom. The summed E-state index contributed by atoms with van der Waals surface area (Å²) < 4.78 is 41.1. The zero-order valence-corrected chi connectivity index (χ0v) is 19.8. The van der Waals surface area contributed by atoms with E-state index in [1.165, 1.54) is 45.4 Å². The lowest BCUT2D eigenvalue weighted by Crippen LogP contribution is -2.29. The number of nitrogens with zero attached hydrogens (tertiary/aromatic N) is 1. The summed E-state index contributed by atoms with van der Waals surface area (Å²) in [5, 5.41) is 9.79. The molecule has 1 aliphatic rings. The number of allylic oxidation sites excluding steroid dienone is 1. The van der Waals surface area contributed by atoms with Gasteiger partial charge in [0.2, 0.25) is 5.88 Å². The van der Waals surface area contributed by atoms with Gasteiger partial charge in [0.05, 0.1) is 20.1 Å². The highest BCUT2D eigenvalue weighted by Crippen LogP contribution is 2.45. The van der Waals surface area contributed by atoms with Crippen LogP contribution >= 0.6 is 0 Å². The van der Waals surface area contributed by atoms with Crippen molar-refractivity contribution in [1.82, 2.24) is 0 Å². The summed E-state index contributed by atoms with van der Waals surface area (Å²) in [6.45, 7) is 1.46. The van der Waals surface area contributed by atoms with Gasteiger partial charge in [-0.1, -0.05) is 24.3 Å². The van der Waals surface area contributed by atoms with Gasteiger partial charge >= 0.3 is 5.97 Å². The Labute approximate surface area is 207 Å². The van der Waals surface area contributed by atoms with Gasteiger partial charge in [0.15, 0.2) is 29.2 Å². The number of nitriles is 1. The number of fused-ring (bicyclic) bond motifs is 1. The number of hydrogen-bond donors (Lipinski definition) is 1. The normalized spacial score (nSPS) is 15.1. The van der Waals surface area contributed by atoms with Crippen molar-refractivity contribution in [3.8, 4) is 34.8 Å². The molecule has 0 spiro atoms. The number of benzene rings is 3. The molecule has 0 fully saturated rings. The SMILES string of the molecule is COc1ccc(C2C(C#N)=C(N)Oc3cc(OC(=O)C(C)Oc4ccccc4F)ccc32)cc1OC. The predicted molar refractivity (Wildman–Crippen MR) is 127 cm³/mol. The molecule has 0 amide bonds. The highest BCUT2D eigenvalue weighted by Gasteiger charge is 2.32. The minimum atomic E-state index is -1.08. The van der Waals surface area contributed by atoms with Crippen LogP contribution in [0.1, 0.15) is 24.0 Å². The first kappa shape index (κ1) is 24.4. The lowest BCUT2D eigenvalue weighted by molar-refractivity contribution is -0.141. The molecule has 0 aliphatic carbocycles. The average Bonchev–Trinajstić information content (AvgIpc) is 2.88. The van der Waals surface area contributed by atoms with Crippen molar-refractivity contribution >= 4 is 5.97 Å². The van der Waals surface area contributed by atoms with Gasteiger partial charge in [-0.15, -0.1) is 0 Å². The van der Waals surface area contributed by atoms with Gasteiger partial charge < -0.3 is 29.4 Å². The van der Waals surface area contributed by atoms with Gasteiger partial charge in [-0.25, -0.2) is 9.18 Å². The summed E-state index contributed by atoms with van der Waals surface area (Å²) in [4.78, 5) is 12.6. The molecule has 2 atom stereocenters. The summed E-state index contributed by atoms with van der Waals surface area (Å²) in [7, 11) is 3.05. The Bertz CT molecular complexity index is 1380. The van der Waals surface area contributed by atoms with E-state index in [1.54, 1.807) is 36.4 Å². The molecule has 0 radical (unpaired) electrons. The number of halogens is 1. The third kappa shape index (κ3) is 4.74. The maximum absolute atomic E-state index is 13.8. The van der Waals surface area contributed by atoms with Crippen LogP contribution in [0.3, 0.4) is 0 Å². The molecule has 184 valence electrons. The van der Waals surface area contributed by atoms with E-state index >= 15 is 0 Å². The van der Waals surface area contributed by atoms with E-state index < -0.39 is 23.8 Å². The zero-order valence-electron chi connectivity index (χ0n) is 19.8. The van der Waals surface area contributed by atoms with E-state index in [1.807, 2.05) is 0 Å². The standard InChI is InChI=1S/C27H23FN2O6/c1-15(34-21-7-5-4-6-20(21)28)27(31)35-17-9-10-18-23(13-17)36-26(30)19(14-29)25(18)16-8-11-22(32-2)24(12-16)33-3/h4-13,15,25H,30H2,1-3H3. The number of ether oxygens (including phenoxy) is 5. The Kier molecular flexibility index (Phi) is 6.97. The van der Waals surface area contributed by atoms with E-state index in [0.717, 1.165) is 5.56 Å². The Balaban J connectivity index is 1.61. The fourth-order valence-corrected chi connectivity index (χ4v) is 3.85. The van der Waals surface area contributed by atoms with Gasteiger partial charge in [-0.05, 0) is 42.8 Å². The van der Waals surface area contributed by atoms with Crippen molar-refractivity contribution in [2.24, 2.45) is 5.73 Å². The third-order valence-corrected chi connectivity index (χ3v) is 5.62. The first-order valence-electron chi connectivity index (χ1n) is 10.9. The minimum absolute atomic E-state index is 0.0598. The number of para-hydroxylation sites is 1. The smallest absolute Gasteiger partial charge is 0.352 e. The summed E-state index contributed by atoms with van der Waals surface area (Å²) in [5.41, 5.74) is 7.67. The maximum Gasteiger partial charge on any atom is 0.352 e. The highest BCUT2D eigenvalue weighted by atomic mass is 19.1. The number of methoxy groups -OCH3 is 2. The van der Waals surface area contributed by atoms with E-state index in [2.05, 4.69) is 6.07 Å². The van der Waals surface area contributed by atoms with Crippen LogP contribution in [0.25, 0.3) is 0 Å². The van der Waals surface area contributed by atoms with E-state index in [9.17, 15) is 14.4 Å². The fourth-order valence-electron chi connectivity index (χ4n) is 3.85. The number of esters is 1. The average molecular weight is 490 g/mol. The van der Waals surface area contributed by atoms with Crippen LogP contribution in [0.2, 0.25) is 0 Å². The van der Waals surface area contributed by atoms with Crippen LogP contribution in [0.15, 0.2) is 72.1 Å². The monoisotopic (exact) mass is 490 g/mol. The third-order valence-electron chi connectivity index (χ3n) is 5.62. The Morgan fingerprint density at radius 3 is 2.50 bits per heavy atom. The molecule has 4 rings (SSSR count). The van der Waals surface area contributed by atoms with Crippen molar-refractivity contribution in [2.45, 2.75) is 18.9 Å². The van der Waals surface area contributed by atoms with Gasteiger partial charge in [-0.3, -0.25) is 0 Å². The maximum atomic E-state index is 13.8. The van der Waals surface area contributed by atoms with Gasteiger partial charge in [0.25, 0.3) is 0 Å². The largest absolute Gasteiger partial charge is 0.493 e. The van der Waals surface area contributed by atoms with E-state index in [4.69, 9.17) is 29.4 Å². The molecule has 1 heterocycles. The molecular formula is C27H23FN2O6. The molecular weight excluding hydrogens is 467 g/mol. The summed E-state index contributed by atoms with van der Waals surface area (Å²) in [5.74, 6) is -0.470. The second-order valence-electron chi connectivity index (χ2n) is 7.85. The van der Waals surface area contributed by atoms with Crippen LogP contribution in [0.5, 0.6) is 28.7 Å². The first-order valence-corrected chi connectivity index (χ1v) is 10.9. The Morgan fingerprint density at radius 2 is 1.81 bits per heavy atom. The molecule has 2 unspecified atom stereocenters. The summed E-state index contributed by atoms with van der Waals surface area (Å²) >= 11 is 0. The molecule has 3 aromatic carbocycles. The lowest BCUT2D eigenvalue weighted by Gasteiger charge is -2.27. The fraction of sp³-hybridized carbons (Fsp3) is 0.185. The molecule has 8 nitrogen and oxygen atoms in total. The molecule has 1 aliphatic heterocycles. The van der Waals surface area contributed by atoms with E-state index in [-0.39, 0.29) is 23.0 Å². The highest BCUT2D eigenvalue weighted by molar-refractivity contribution is 5.77. The van der Waals surface area contributed by atoms with Crippen molar-refractivity contribution in [3.63, 3.8) is 0 Å². The summed E-state index contributed by atoms with van der Waals surface area (Å²) in [6.07, 6.45) is -1.08. The second-order valence-corrected chi connectivity index (χ2v) is 7.85. The lowest BCUT2D eigenvalue weighted by atomic mass is 9.83. The number of carbonyl (C=O) groups is 1. The molecule has 2 N–H and O–H groups in total. The van der Waals surface area contributed by atoms with Crippen LogP contribution in [0.4, 0.5) is 4.39 Å². The van der Waals surface area contributed by atoms with Gasteiger partial charge in [0, 0.05) is 11.6 Å². The van der Waals surface area contributed by atoms with Crippen LogP contribution < -0.4 is 29.4 Å². The van der Waals surface area contributed by atoms with Crippen molar-refractivity contribution < 1.29 is 32.9 Å². The predicted octanol–water partition coefficient (Wildman–Crippen LogP) is 4.43. The van der Waals surface area contributed by atoms with Crippen LogP contribution in [-0.2, 0) is 4.79 Å². The summed E-state index contributed by atoms with van der Waals surface area (Å²) in [6, 6.07) is 18.0. The van der Waals surface area contributed by atoms with Gasteiger partial charge in [-0.2, -0.15) is 5.26 Å². The molecule has 3 aromatic rings. The number of nitrogens with two attached hydrogens (primary N) is 1. The molecule has 9 heteroatoms. The number of hydrogen-bond acceptors (Lipinski definition) is 8. The number of carbonyl (C=O) groups excluding carboxylic acids is 1. The van der Waals surface area contributed by atoms with Crippen molar-refractivity contribution in [1.29, 1.82) is 5.26 Å². The molecule has 0 saturated carbocycles.